The van der Waals surface area contributed by atoms with Crippen LogP contribution in [0.1, 0.15) is 38.5 Å². The van der Waals surface area contributed by atoms with Crippen LogP contribution in [0, 0.1) is 5.92 Å². The van der Waals surface area contributed by atoms with E-state index in [0.29, 0.717) is 10.9 Å². The van der Waals surface area contributed by atoms with Crippen LogP contribution in [-0.4, -0.2) is 48.4 Å². The van der Waals surface area contributed by atoms with Crippen molar-refractivity contribution in [1.82, 2.24) is 9.80 Å². The largest absolute Gasteiger partial charge is 0.342 e. The molecule has 108 valence electrons. The van der Waals surface area contributed by atoms with Crippen LogP contribution in [0.3, 0.4) is 0 Å². The summed E-state index contributed by atoms with van der Waals surface area (Å²) in [6.07, 6.45) is 6.85. The number of halogens is 1. The highest BCUT2D eigenvalue weighted by Crippen LogP contribution is 2.22. The Labute approximate surface area is 121 Å². The molecule has 4 heteroatoms. The Hall–Kier alpha value is -0.540. The monoisotopic (exact) mass is 284 g/mol. The van der Waals surface area contributed by atoms with Crippen molar-refractivity contribution in [3.63, 3.8) is 0 Å². The number of hydrogen-bond donors (Lipinski definition) is 0. The maximum atomic E-state index is 12.5. The summed E-state index contributed by atoms with van der Waals surface area (Å²) in [5.74, 6) is 0.629. The Kier molecular flexibility index (Phi) is 5.71. The normalized spacial score (nSPS) is 23.1. The molecule has 0 bridgehead atoms. The Balaban J connectivity index is 1.79. The molecule has 2 saturated heterocycles. The Morgan fingerprint density at radius 3 is 2.16 bits per heavy atom. The first-order valence-corrected chi connectivity index (χ1v) is 7.89. The number of likely N-dealkylation sites (tertiary alicyclic amines) is 2. The number of amides is 1. The van der Waals surface area contributed by atoms with Gasteiger partial charge in [-0.05, 0) is 38.8 Å². The quantitative estimate of drug-likeness (QED) is 0.796. The minimum atomic E-state index is 0.234. The maximum Gasteiger partial charge on any atom is 0.225 e. The molecule has 0 N–H and O–H groups in total. The average Bonchev–Trinajstić information content (AvgIpc) is 2.67. The molecule has 0 radical (unpaired) electrons. The SMILES string of the molecule is C=C(Cl)CN1CCC(C(=O)N2CCCCCC2)CC1. The lowest BCUT2D eigenvalue weighted by molar-refractivity contribution is -0.137. The molecule has 0 aromatic rings. The summed E-state index contributed by atoms with van der Waals surface area (Å²) in [6, 6.07) is 0. The van der Waals surface area contributed by atoms with Crippen LogP contribution < -0.4 is 0 Å². The molecule has 0 unspecified atom stereocenters. The molecule has 0 spiro atoms. The Morgan fingerprint density at radius 1 is 1.05 bits per heavy atom. The van der Waals surface area contributed by atoms with E-state index in [2.05, 4.69) is 16.4 Å². The van der Waals surface area contributed by atoms with Crippen molar-refractivity contribution in [2.45, 2.75) is 38.5 Å². The summed E-state index contributed by atoms with van der Waals surface area (Å²) < 4.78 is 0. The zero-order chi connectivity index (χ0) is 13.7. The molecular formula is C15H25ClN2O. The average molecular weight is 285 g/mol. The van der Waals surface area contributed by atoms with Gasteiger partial charge in [-0.15, -0.1) is 0 Å². The van der Waals surface area contributed by atoms with Crippen LogP contribution in [0.2, 0.25) is 0 Å². The second kappa shape index (κ2) is 7.30. The third-order valence-corrected chi connectivity index (χ3v) is 4.37. The van der Waals surface area contributed by atoms with Gasteiger partial charge in [-0.1, -0.05) is 31.0 Å². The van der Waals surface area contributed by atoms with Gasteiger partial charge in [0.15, 0.2) is 0 Å². The van der Waals surface area contributed by atoms with Crippen LogP contribution in [0.15, 0.2) is 11.6 Å². The number of rotatable bonds is 3. The second-order valence-electron chi connectivity index (χ2n) is 5.81. The third kappa shape index (κ3) is 4.50. The molecule has 0 aliphatic carbocycles. The second-order valence-corrected chi connectivity index (χ2v) is 6.34. The van der Waals surface area contributed by atoms with E-state index >= 15 is 0 Å². The maximum absolute atomic E-state index is 12.5. The van der Waals surface area contributed by atoms with Gasteiger partial charge in [0.05, 0.1) is 0 Å². The van der Waals surface area contributed by atoms with Crippen LogP contribution in [0.5, 0.6) is 0 Å². The topological polar surface area (TPSA) is 23.6 Å². The molecule has 2 fully saturated rings. The summed E-state index contributed by atoms with van der Waals surface area (Å²) in [5.41, 5.74) is 0. The smallest absolute Gasteiger partial charge is 0.225 e. The highest BCUT2D eigenvalue weighted by atomic mass is 35.5. The zero-order valence-electron chi connectivity index (χ0n) is 11.7. The first-order valence-electron chi connectivity index (χ1n) is 7.51. The fourth-order valence-corrected chi connectivity index (χ4v) is 3.30. The van der Waals surface area contributed by atoms with E-state index < -0.39 is 0 Å². The standard InChI is InChI=1S/C15H25ClN2O/c1-13(16)12-17-10-6-14(7-11-17)15(19)18-8-4-2-3-5-9-18/h14H,1-12H2. The van der Waals surface area contributed by atoms with Gasteiger partial charge in [0, 0.05) is 30.6 Å². The fraction of sp³-hybridized carbons (Fsp3) is 0.800. The third-order valence-electron chi connectivity index (χ3n) is 4.25. The molecule has 2 aliphatic rings. The Bertz CT molecular complexity index is 316. The molecule has 2 heterocycles. The minimum Gasteiger partial charge on any atom is -0.342 e. The lowest BCUT2D eigenvalue weighted by Gasteiger charge is -2.33. The summed E-state index contributed by atoms with van der Waals surface area (Å²) in [7, 11) is 0. The van der Waals surface area contributed by atoms with Crippen molar-refractivity contribution < 1.29 is 4.79 Å². The molecule has 0 aromatic heterocycles. The first-order chi connectivity index (χ1) is 9.16. The van der Waals surface area contributed by atoms with Crippen molar-refractivity contribution in [1.29, 1.82) is 0 Å². The van der Waals surface area contributed by atoms with Crippen molar-refractivity contribution in [3.05, 3.63) is 11.6 Å². The molecule has 0 atom stereocenters. The van der Waals surface area contributed by atoms with Gasteiger partial charge in [0.2, 0.25) is 5.91 Å². The molecule has 2 aliphatic heterocycles. The number of carbonyl (C=O) groups excluding carboxylic acids is 1. The van der Waals surface area contributed by atoms with E-state index in [0.717, 1.165) is 45.6 Å². The summed E-state index contributed by atoms with van der Waals surface area (Å²) in [4.78, 5) is 16.9. The van der Waals surface area contributed by atoms with Crippen LogP contribution in [0.25, 0.3) is 0 Å². The van der Waals surface area contributed by atoms with E-state index in [1.807, 2.05) is 0 Å². The van der Waals surface area contributed by atoms with Crippen molar-refractivity contribution in [2.75, 3.05) is 32.7 Å². The predicted molar refractivity (Wildman–Crippen MR) is 79.2 cm³/mol. The number of nitrogens with zero attached hydrogens (tertiary/aromatic N) is 2. The van der Waals surface area contributed by atoms with Crippen LogP contribution in [-0.2, 0) is 4.79 Å². The molecule has 0 aromatic carbocycles. The van der Waals surface area contributed by atoms with Gasteiger partial charge >= 0.3 is 0 Å². The predicted octanol–water partition coefficient (Wildman–Crippen LogP) is 2.85. The van der Waals surface area contributed by atoms with Gasteiger partial charge in [-0.3, -0.25) is 9.69 Å². The lowest BCUT2D eigenvalue weighted by Crippen LogP contribution is -2.43. The molecule has 19 heavy (non-hydrogen) atoms. The van der Waals surface area contributed by atoms with Gasteiger partial charge in [-0.2, -0.15) is 0 Å². The van der Waals surface area contributed by atoms with Crippen molar-refractivity contribution in [3.8, 4) is 0 Å². The number of hydrogen-bond acceptors (Lipinski definition) is 2. The molecular weight excluding hydrogens is 260 g/mol. The van der Waals surface area contributed by atoms with E-state index in [-0.39, 0.29) is 5.92 Å². The van der Waals surface area contributed by atoms with Crippen molar-refractivity contribution >= 4 is 17.5 Å². The van der Waals surface area contributed by atoms with Gasteiger partial charge in [0.1, 0.15) is 0 Å². The Morgan fingerprint density at radius 2 is 1.63 bits per heavy atom. The highest BCUT2D eigenvalue weighted by Gasteiger charge is 2.28. The fourth-order valence-electron chi connectivity index (χ4n) is 3.13. The van der Waals surface area contributed by atoms with E-state index in [9.17, 15) is 4.79 Å². The van der Waals surface area contributed by atoms with Crippen LogP contribution >= 0.6 is 11.6 Å². The summed E-state index contributed by atoms with van der Waals surface area (Å²) in [6.45, 7) is 8.37. The minimum absolute atomic E-state index is 0.234. The highest BCUT2D eigenvalue weighted by molar-refractivity contribution is 6.29. The molecule has 3 nitrogen and oxygen atoms in total. The molecule has 0 saturated carbocycles. The van der Waals surface area contributed by atoms with Gasteiger partial charge < -0.3 is 4.90 Å². The number of carbonyl (C=O) groups is 1. The van der Waals surface area contributed by atoms with E-state index in [1.165, 1.54) is 25.7 Å². The van der Waals surface area contributed by atoms with Crippen LogP contribution in [0.4, 0.5) is 0 Å². The first kappa shape index (κ1) is 14.9. The molecule has 2 rings (SSSR count). The lowest BCUT2D eigenvalue weighted by atomic mass is 9.95. The zero-order valence-corrected chi connectivity index (χ0v) is 12.5. The molecule has 1 amide bonds. The summed E-state index contributed by atoms with van der Waals surface area (Å²) >= 11 is 5.84. The number of piperidine rings is 1. The van der Waals surface area contributed by atoms with E-state index in [4.69, 9.17) is 11.6 Å². The van der Waals surface area contributed by atoms with Gasteiger partial charge in [-0.25, -0.2) is 0 Å². The van der Waals surface area contributed by atoms with Crippen molar-refractivity contribution in [2.24, 2.45) is 5.92 Å². The van der Waals surface area contributed by atoms with Gasteiger partial charge in [0.25, 0.3) is 0 Å². The van der Waals surface area contributed by atoms with E-state index in [1.54, 1.807) is 0 Å². The summed E-state index contributed by atoms with van der Waals surface area (Å²) in [5, 5.41) is 0.692.